The van der Waals surface area contributed by atoms with E-state index in [1.807, 2.05) is 24.3 Å². The number of hydrogen-bond acceptors (Lipinski definition) is 5. The van der Waals surface area contributed by atoms with Gasteiger partial charge in [-0.3, -0.25) is 0 Å². The second-order valence-corrected chi connectivity index (χ2v) is 5.85. The maximum absolute atomic E-state index is 8.76. The molecule has 1 saturated carbocycles. The van der Waals surface area contributed by atoms with Gasteiger partial charge in [-0.1, -0.05) is 16.8 Å². The van der Waals surface area contributed by atoms with Gasteiger partial charge in [0.15, 0.2) is 5.82 Å². The van der Waals surface area contributed by atoms with Crippen LogP contribution in [-0.2, 0) is 5.75 Å². The van der Waals surface area contributed by atoms with Crippen LogP contribution in [0.4, 0.5) is 0 Å². The third-order valence-corrected chi connectivity index (χ3v) is 4.20. The second-order valence-electron chi connectivity index (χ2n) is 4.37. The first-order chi connectivity index (χ1) is 9.26. The van der Waals surface area contributed by atoms with Crippen LogP contribution in [0.1, 0.15) is 24.1 Å². The van der Waals surface area contributed by atoms with Crippen LogP contribution >= 0.6 is 23.4 Å². The molecule has 1 heterocycles. The summed E-state index contributed by atoms with van der Waals surface area (Å²) in [5, 5.41) is 13.4. The van der Waals surface area contributed by atoms with Gasteiger partial charge in [-0.15, -0.1) is 11.8 Å². The summed E-state index contributed by atoms with van der Waals surface area (Å²) in [6.07, 6.45) is 0.836. The monoisotopic (exact) mass is 291 g/mol. The van der Waals surface area contributed by atoms with Crippen LogP contribution in [0.5, 0.6) is 0 Å². The maximum Gasteiger partial charge on any atom is 0.231 e. The highest BCUT2D eigenvalue weighted by Crippen LogP contribution is 2.46. The molecule has 96 valence electrons. The predicted molar refractivity (Wildman–Crippen MR) is 71.8 cm³/mol. The lowest BCUT2D eigenvalue weighted by Crippen LogP contribution is -1.86. The number of hydrogen-bond donors (Lipinski definition) is 0. The lowest BCUT2D eigenvalue weighted by molar-refractivity contribution is 0.373. The fourth-order valence-electron chi connectivity index (χ4n) is 1.77. The van der Waals surface area contributed by atoms with E-state index < -0.39 is 0 Å². The Kier molecular flexibility index (Phi) is 3.45. The van der Waals surface area contributed by atoms with Crippen molar-refractivity contribution in [3.8, 4) is 6.07 Å². The first-order valence-electron chi connectivity index (χ1n) is 5.87. The minimum atomic E-state index is 0.0530. The molecule has 0 saturated heterocycles. The van der Waals surface area contributed by atoms with Gasteiger partial charge in [0.2, 0.25) is 5.89 Å². The van der Waals surface area contributed by atoms with E-state index in [1.165, 1.54) is 0 Å². The molecule has 2 aromatic rings. The molecule has 1 aromatic carbocycles. The number of nitriles is 1. The van der Waals surface area contributed by atoms with Gasteiger partial charge in [0, 0.05) is 9.92 Å². The van der Waals surface area contributed by atoms with E-state index in [2.05, 4.69) is 16.2 Å². The molecule has 2 unspecified atom stereocenters. The molecule has 1 aliphatic rings. The molecule has 0 N–H and O–H groups in total. The number of halogens is 1. The van der Waals surface area contributed by atoms with Crippen molar-refractivity contribution in [2.45, 2.75) is 23.0 Å². The van der Waals surface area contributed by atoms with Crippen molar-refractivity contribution in [1.82, 2.24) is 10.1 Å². The molecule has 0 amide bonds. The Morgan fingerprint density at radius 1 is 1.42 bits per heavy atom. The normalized spacial score (nSPS) is 21.1. The molecule has 1 fully saturated rings. The van der Waals surface area contributed by atoms with Crippen LogP contribution < -0.4 is 0 Å². The molecule has 6 heteroatoms. The van der Waals surface area contributed by atoms with Crippen molar-refractivity contribution >= 4 is 23.4 Å². The molecule has 19 heavy (non-hydrogen) atoms. The zero-order valence-corrected chi connectivity index (χ0v) is 11.5. The van der Waals surface area contributed by atoms with Gasteiger partial charge in [-0.25, -0.2) is 0 Å². The molecule has 0 aliphatic heterocycles. The van der Waals surface area contributed by atoms with Crippen molar-refractivity contribution < 1.29 is 4.52 Å². The number of benzene rings is 1. The molecule has 3 rings (SSSR count). The van der Waals surface area contributed by atoms with Gasteiger partial charge in [0.05, 0.1) is 23.7 Å². The summed E-state index contributed by atoms with van der Waals surface area (Å²) in [6.45, 7) is 0. The van der Waals surface area contributed by atoms with Crippen LogP contribution in [0.15, 0.2) is 33.7 Å². The quantitative estimate of drug-likeness (QED) is 0.805. The SMILES string of the molecule is N#CC1CC1c1nc(CSc2ccc(Cl)cc2)no1. The van der Waals surface area contributed by atoms with Crippen molar-refractivity contribution in [3.05, 3.63) is 41.0 Å². The Morgan fingerprint density at radius 3 is 2.89 bits per heavy atom. The first kappa shape index (κ1) is 12.5. The van der Waals surface area contributed by atoms with Crippen LogP contribution in [0.2, 0.25) is 5.02 Å². The average Bonchev–Trinajstić information content (AvgIpc) is 3.08. The highest BCUT2D eigenvalue weighted by molar-refractivity contribution is 7.98. The minimum absolute atomic E-state index is 0.0530. The summed E-state index contributed by atoms with van der Waals surface area (Å²) in [5.41, 5.74) is 0. The highest BCUT2D eigenvalue weighted by atomic mass is 35.5. The molecular formula is C13H10ClN3OS. The Morgan fingerprint density at radius 2 is 2.21 bits per heavy atom. The predicted octanol–water partition coefficient (Wildman–Crippen LogP) is 3.64. The largest absolute Gasteiger partial charge is 0.339 e. The molecule has 2 atom stereocenters. The van der Waals surface area contributed by atoms with Gasteiger partial charge in [0.1, 0.15) is 0 Å². The second kappa shape index (κ2) is 5.24. The van der Waals surface area contributed by atoms with Crippen LogP contribution in [0.25, 0.3) is 0 Å². The number of rotatable bonds is 4. The fraction of sp³-hybridized carbons (Fsp3) is 0.308. The Labute approximate surface area is 119 Å². The van der Waals surface area contributed by atoms with Crippen molar-refractivity contribution in [3.63, 3.8) is 0 Å². The molecule has 0 bridgehead atoms. The van der Waals surface area contributed by atoms with Crippen LogP contribution in [0, 0.1) is 17.2 Å². The maximum atomic E-state index is 8.76. The number of thioether (sulfide) groups is 1. The van der Waals surface area contributed by atoms with E-state index in [0.717, 1.165) is 16.3 Å². The topological polar surface area (TPSA) is 62.7 Å². The van der Waals surface area contributed by atoms with Crippen molar-refractivity contribution in [2.75, 3.05) is 0 Å². The van der Waals surface area contributed by atoms with Crippen LogP contribution in [0.3, 0.4) is 0 Å². The fourth-order valence-corrected chi connectivity index (χ4v) is 2.63. The van der Waals surface area contributed by atoms with Gasteiger partial charge in [-0.05, 0) is 30.7 Å². The number of aromatic nitrogens is 2. The Hall–Kier alpha value is -1.51. The summed E-state index contributed by atoms with van der Waals surface area (Å²) in [7, 11) is 0. The molecule has 4 nitrogen and oxygen atoms in total. The van der Waals surface area contributed by atoms with E-state index in [9.17, 15) is 0 Å². The Bertz CT molecular complexity index is 620. The molecular weight excluding hydrogens is 282 g/mol. The first-order valence-corrected chi connectivity index (χ1v) is 7.23. The summed E-state index contributed by atoms with van der Waals surface area (Å²) in [6, 6.07) is 9.84. The van der Waals surface area contributed by atoms with E-state index >= 15 is 0 Å². The number of nitrogens with zero attached hydrogens (tertiary/aromatic N) is 3. The standard InChI is InChI=1S/C13H10ClN3OS/c14-9-1-3-10(4-2-9)19-7-12-16-13(18-17-12)11-5-8(11)6-15/h1-4,8,11H,5,7H2. The summed E-state index contributed by atoms with van der Waals surface area (Å²) < 4.78 is 5.18. The molecule has 1 aliphatic carbocycles. The third kappa shape index (κ3) is 2.91. The minimum Gasteiger partial charge on any atom is -0.339 e. The highest BCUT2D eigenvalue weighted by Gasteiger charge is 2.43. The zero-order chi connectivity index (χ0) is 13.2. The van der Waals surface area contributed by atoms with E-state index in [-0.39, 0.29) is 11.8 Å². The van der Waals surface area contributed by atoms with Crippen molar-refractivity contribution in [1.29, 1.82) is 5.26 Å². The van der Waals surface area contributed by atoms with Gasteiger partial charge in [0.25, 0.3) is 0 Å². The molecule has 0 radical (unpaired) electrons. The summed E-state index contributed by atoms with van der Waals surface area (Å²) >= 11 is 7.45. The average molecular weight is 292 g/mol. The van der Waals surface area contributed by atoms with Gasteiger partial charge >= 0.3 is 0 Å². The molecule has 1 aromatic heterocycles. The zero-order valence-electron chi connectivity index (χ0n) is 9.91. The van der Waals surface area contributed by atoms with E-state index in [4.69, 9.17) is 21.4 Å². The Balaban J connectivity index is 1.59. The van der Waals surface area contributed by atoms with E-state index in [0.29, 0.717) is 17.5 Å². The molecule has 0 spiro atoms. The smallest absolute Gasteiger partial charge is 0.231 e. The van der Waals surface area contributed by atoms with Crippen molar-refractivity contribution in [2.24, 2.45) is 5.92 Å². The third-order valence-electron chi connectivity index (χ3n) is 2.94. The lowest BCUT2D eigenvalue weighted by atomic mass is 10.3. The summed E-state index contributed by atoms with van der Waals surface area (Å²) in [4.78, 5) is 5.44. The summed E-state index contributed by atoms with van der Waals surface area (Å²) in [5.74, 6) is 2.11. The van der Waals surface area contributed by atoms with Crippen LogP contribution in [-0.4, -0.2) is 10.1 Å². The van der Waals surface area contributed by atoms with E-state index in [1.54, 1.807) is 11.8 Å². The lowest BCUT2D eigenvalue weighted by Gasteiger charge is -1.97. The van der Waals surface area contributed by atoms with Gasteiger partial charge in [-0.2, -0.15) is 10.2 Å². The van der Waals surface area contributed by atoms with Gasteiger partial charge < -0.3 is 4.52 Å².